The second-order valence-corrected chi connectivity index (χ2v) is 9.69. The van der Waals surface area contributed by atoms with Gasteiger partial charge in [0, 0.05) is 40.4 Å². The molecule has 0 bridgehead atoms. The molecule has 0 aliphatic carbocycles. The van der Waals surface area contributed by atoms with Crippen LogP contribution in [0.2, 0.25) is 5.02 Å². The molecular formula is C23H25ClN2O2S. The zero-order valence-corrected chi connectivity index (χ0v) is 18.1. The number of benzene rings is 2. The Bertz CT molecular complexity index is 902. The molecule has 2 aliphatic rings. The third-order valence-electron chi connectivity index (χ3n) is 5.66. The van der Waals surface area contributed by atoms with E-state index < -0.39 is 0 Å². The molecule has 29 heavy (non-hydrogen) atoms. The number of anilines is 1. The van der Waals surface area contributed by atoms with E-state index in [1.807, 2.05) is 39.8 Å². The standard InChI is InChI=1S/C23H25ClN2O2S/c1-16-12-14-26(20-6-2-3-7-21(20)29-16)23(28)18-5-4-13-25(15-18)22(27)17-8-10-19(24)11-9-17/h2-3,6-11,16,18H,4-5,12-15H2,1H3. The molecule has 0 spiro atoms. The molecule has 2 aliphatic heterocycles. The van der Waals surface area contributed by atoms with E-state index in [1.165, 1.54) is 0 Å². The van der Waals surface area contributed by atoms with Gasteiger partial charge in [-0.3, -0.25) is 9.59 Å². The van der Waals surface area contributed by atoms with Crippen LogP contribution in [0.3, 0.4) is 0 Å². The van der Waals surface area contributed by atoms with E-state index in [-0.39, 0.29) is 17.7 Å². The third-order valence-corrected chi connectivity index (χ3v) is 7.15. The maximum atomic E-state index is 13.5. The van der Waals surface area contributed by atoms with E-state index in [2.05, 4.69) is 13.0 Å². The van der Waals surface area contributed by atoms with E-state index in [9.17, 15) is 9.59 Å². The van der Waals surface area contributed by atoms with Gasteiger partial charge in [0.1, 0.15) is 0 Å². The monoisotopic (exact) mass is 428 g/mol. The fourth-order valence-electron chi connectivity index (χ4n) is 4.07. The predicted octanol–water partition coefficient (Wildman–Crippen LogP) is 5.11. The summed E-state index contributed by atoms with van der Waals surface area (Å²) in [5.41, 5.74) is 1.63. The maximum absolute atomic E-state index is 13.5. The predicted molar refractivity (Wildman–Crippen MR) is 119 cm³/mol. The van der Waals surface area contributed by atoms with E-state index in [1.54, 1.807) is 24.3 Å². The zero-order chi connectivity index (χ0) is 20.4. The van der Waals surface area contributed by atoms with Crippen LogP contribution in [-0.4, -0.2) is 41.6 Å². The van der Waals surface area contributed by atoms with Crippen LogP contribution < -0.4 is 4.90 Å². The molecule has 4 rings (SSSR count). The molecule has 0 radical (unpaired) electrons. The first-order chi connectivity index (χ1) is 14.0. The topological polar surface area (TPSA) is 40.6 Å². The molecule has 152 valence electrons. The molecule has 2 aromatic rings. The summed E-state index contributed by atoms with van der Waals surface area (Å²) in [6.45, 7) is 4.10. The highest BCUT2D eigenvalue weighted by atomic mass is 35.5. The Morgan fingerprint density at radius 2 is 1.79 bits per heavy atom. The Kier molecular flexibility index (Phi) is 6.16. The van der Waals surface area contributed by atoms with Crippen LogP contribution in [0.5, 0.6) is 0 Å². The SMILES string of the molecule is CC1CCN(C(=O)C2CCCN(C(=O)c3ccc(Cl)cc3)C2)c2ccccc2S1. The van der Waals surface area contributed by atoms with Crippen molar-refractivity contribution in [3.8, 4) is 0 Å². The van der Waals surface area contributed by atoms with Crippen molar-refractivity contribution in [2.75, 3.05) is 24.5 Å². The Morgan fingerprint density at radius 3 is 2.59 bits per heavy atom. The molecule has 2 amide bonds. The summed E-state index contributed by atoms with van der Waals surface area (Å²) < 4.78 is 0. The normalized spacial score (nSPS) is 22.0. The van der Waals surface area contributed by atoms with Gasteiger partial charge in [-0.2, -0.15) is 0 Å². The van der Waals surface area contributed by atoms with Gasteiger partial charge in [0.2, 0.25) is 5.91 Å². The summed E-state index contributed by atoms with van der Waals surface area (Å²) in [7, 11) is 0. The van der Waals surface area contributed by atoms with Gasteiger partial charge in [-0.05, 0) is 55.7 Å². The molecule has 0 aromatic heterocycles. The van der Waals surface area contributed by atoms with Gasteiger partial charge in [-0.1, -0.05) is 30.7 Å². The number of amides is 2. The fraction of sp³-hybridized carbons (Fsp3) is 0.391. The lowest BCUT2D eigenvalue weighted by Gasteiger charge is -2.35. The number of piperidine rings is 1. The first-order valence-electron chi connectivity index (χ1n) is 10.1. The highest BCUT2D eigenvalue weighted by Crippen LogP contribution is 2.38. The molecule has 6 heteroatoms. The average molecular weight is 429 g/mol. The summed E-state index contributed by atoms with van der Waals surface area (Å²) in [6, 6.07) is 15.1. The van der Waals surface area contributed by atoms with Crippen molar-refractivity contribution >= 4 is 40.9 Å². The molecule has 0 saturated carbocycles. The van der Waals surface area contributed by atoms with E-state index >= 15 is 0 Å². The Morgan fingerprint density at radius 1 is 1.03 bits per heavy atom. The lowest BCUT2D eigenvalue weighted by Crippen LogP contribution is -2.47. The quantitative estimate of drug-likeness (QED) is 0.667. The number of halogens is 1. The molecule has 2 unspecified atom stereocenters. The molecule has 1 fully saturated rings. The molecule has 2 aromatic carbocycles. The van der Waals surface area contributed by atoms with Crippen LogP contribution in [0.4, 0.5) is 5.69 Å². The van der Waals surface area contributed by atoms with Crippen molar-refractivity contribution in [2.24, 2.45) is 5.92 Å². The van der Waals surface area contributed by atoms with Gasteiger partial charge >= 0.3 is 0 Å². The summed E-state index contributed by atoms with van der Waals surface area (Å²) >= 11 is 7.78. The van der Waals surface area contributed by atoms with Gasteiger partial charge in [0.15, 0.2) is 0 Å². The minimum atomic E-state index is -0.161. The van der Waals surface area contributed by atoms with Gasteiger partial charge in [0.05, 0.1) is 11.6 Å². The van der Waals surface area contributed by atoms with E-state index in [0.717, 1.165) is 36.4 Å². The second kappa shape index (κ2) is 8.80. The minimum absolute atomic E-state index is 0.0281. The highest BCUT2D eigenvalue weighted by Gasteiger charge is 2.34. The summed E-state index contributed by atoms with van der Waals surface area (Å²) in [6.07, 6.45) is 2.63. The number of hydrogen-bond acceptors (Lipinski definition) is 3. The van der Waals surface area contributed by atoms with E-state index in [4.69, 9.17) is 11.6 Å². The number of likely N-dealkylation sites (tertiary alicyclic amines) is 1. The van der Waals surface area contributed by atoms with Crippen molar-refractivity contribution in [3.63, 3.8) is 0 Å². The van der Waals surface area contributed by atoms with Crippen LogP contribution in [0, 0.1) is 5.92 Å². The summed E-state index contributed by atoms with van der Waals surface area (Å²) in [4.78, 5) is 31.3. The fourth-order valence-corrected chi connectivity index (χ4v) is 5.31. The van der Waals surface area contributed by atoms with Crippen molar-refractivity contribution < 1.29 is 9.59 Å². The van der Waals surface area contributed by atoms with Crippen molar-refractivity contribution in [3.05, 3.63) is 59.1 Å². The summed E-state index contributed by atoms with van der Waals surface area (Å²) in [5, 5.41) is 1.09. The Balaban J connectivity index is 1.52. The maximum Gasteiger partial charge on any atom is 0.253 e. The lowest BCUT2D eigenvalue weighted by molar-refractivity contribution is -0.123. The van der Waals surface area contributed by atoms with Crippen molar-refractivity contribution in [2.45, 2.75) is 36.3 Å². The van der Waals surface area contributed by atoms with Crippen molar-refractivity contribution in [1.82, 2.24) is 4.90 Å². The molecule has 1 saturated heterocycles. The highest BCUT2D eigenvalue weighted by molar-refractivity contribution is 8.00. The second-order valence-electron chi connectivity index (χ2n) is 7.77. The number of carbonyl (C=O) groups excluding carboxylic acids is 2. The molecule has 4 nitrogen and oxygen atoms in total. The number of para-hydroxylation sites is 1. The summed E-state index contributed by atoms with van der Waals surface area (Å²) in [5.74, 6) is -0.0492. The lowest BCUT2D eigenvalue weighted by atomic mass is 9.95. The number of thioether (sulfide) groups is 1. The minimum Gasteiger partial charge on any atom is -0.338 e. The number of rotatable bonds is 2. The van der Waals surface area contributed by atoms with E-state index in [0.29, 0.717) is 28.9 Å². The van der Waals surface area contributed by atoms with Crippen LogP contribution in [0.1, 0.15) is 36.5 Å². The third kappa shape index (κ3) is 4.46. The number of nitrogens with zero attached hydrogens (tertiary/aromatic N) is 2. The van der Waals surface area contributed by atoms with Gasteiger partial charge < -0.3 is 9.80 Å². The van der Waals surface area contributed by atoms with Crippen molar-refractivity contribution in [1.29, 1.82) is 0 Å². The van der Waals surface area contributed by atoms with Gasteiger partial charge in [-0.15, -0.1) is 11.8 Å². The smallest absolute Gasteiger partial charge is 0.253 e. The Hall–Kier alpha value is -1.98. The van der Waals surface area contributed by atoms with Crippen LogP contribution >= 0.6 is 23.4 Å². The molecule has 2 heterocycles. The van der Waals surface area contributed by atoms with Crippen LogP contribution in [0.15, 0.2) is 53.4 Å². The average Bonchev–Trinajstić information content (AvgIpc) is 2.91. The Labute approximate surface area is 181 Å². The zero-order valence-electron chi connectivity index (χ0n) is 16.5. The molecular weight excluding hydrogens is 404 g/mol. The first-order valence-corrected chi connectivity index (χ1v) is 11.4. The number of hydrogen-bond donors (Lipinski definition) is 0. The molecule has 0 N–H and O–H groups in total. The van der Waals surface area contributed by atoms with Gasteiger partial charge in [0.25, 0.3) is 5.91 Å². The first kappa shape index (κ1) is 20.3. The number of fused-ring (bicyclic) bond motifs is 1. The largest absolute Gasteiger partial charge is 0.338 e. The van der Waals surface area contributed by atoms with Gasteiger partial charge in [-0.25, -0.2) is 0 Å². The van der Waals surface area contributed by atoms with Crippen LogP contribution in [-0.2, 0) is 4.79 Å². The van der Waals surface area contributed by atoms with Crippen LogP contribution in [0.25, 0.3) is 0 Å². The number of carbonyl (C=O) groups is 2. The molecule has 2 atom stereocenters.